The van der Waals surface area contributed by atoms with Gasteiger partial charge < -0.3 is 4.74 Å². The van der Waals surface area contributed by atoms with Crippen LogP contribution in [0.25, 0.3) is 10.2 Å². The van der Waals surface area contributed by atoms with Crippen molar-refractivity contribution >= 4 is 27.5 Å². The molecular weight excluding hydrogens is 222 g/mol. The van der Waals surface area contributed by atoms with Gasteiger partial charge in [-0.2, -0.15) is 0 Å². The summed E-state index contributed by atoms with van der Waals surface area (Å²) in [4.78, 5) is 16.3. The Bertz CT molecular complexity index is 524. The molecule has 0 radical (unpaired) electrons. The average molecular weight is 233 g/mol. The lowest BCUT2D eigenvalue weighted by molar-refractivity contribution is -0.143. The normalized spacial score (nSPS) is 17.3. The molecule has 0 saturated heterocycles. The van der Waals surface area contributed by atoms with Gasteiger partial charge in [0.2, 0.25) is 0 Å². The van der Waals surface area contributed by atoms with Crippen LogP contribution < -0.4 is 0 Å². The van der Waals surface area contributed by atoms with Gasteiger partial charge in [0, 0.05) is 0 Å². The summed E-state index contributed by atoms with van der Waals surface area (Å²) in [6.45, 7) is 0. The van der Waals surface area contributed by atoms with Crippen molar-refractivity contribution < 1.29 is 9.53 Å². The van der Waals surface area contributed by atoms with Crippen molar-refractivity contribution in [3.63, 3.8) is 0 Å². The number of ether oxygens (including phenoxy) is 1. The van der Waals surface area contributed by atoms with Gasteiger partial charge in [-0.3, -0.25) is 4.79 Å². The van der Waals surface area contributed by atoms with Crippen LogP contribution in [0.5, 0.6) is 0 Å². The van der Waals surface area contributed by atoms with E-state index in [0.717, 1.165) is 28.1 Å². The van der Waals surface area contributed by atoms with Crippen LogP contribution in [0, 0.1) is 0 Å². The van der Waals surface area contributed by atoms with E-state index in [1.807, 2.05) is 24.3 Å². The summed E-state index contributed by atoms with van der Waals surface area (Å²) >= 11 is 1.60. The number of aromatic nitrogens is 1. The Kier molecular flexibility index (Phi) is 2.01. The molecule has 2 aromatic rings. The Labute approximate surface area is 97.1 Å². The molecular formula is C12H11NO2S. The second-order valence-electron chi connectivity index (χ2n) is 4.06. The highest BCUT2D eigenvalue weighted by molar-refractivity contribution is 7.18. The number of para-hydroxylation sites is 1. The van der Waals surface area contributed by atoms with E-state index in [1.54, 1.807) is 11.3 Å². The Morgan fingerprint density at radius 2 is 2.19 bits per heavy atom. The topological polar surface area (TPSA) is 39.2 Å². The molecule has 0 aliphatic heterocycles. The maximum atomic E-state index is 11.7. The predicted octanol–water partition coefficient (Wildman–Crippen LogP) is 2.50. The minimum Gasteiger partial charge on any atom is -0.468 e. The minimum atomic E-state index is -0.432. The molecule has 0 bridgehead atoms. The van der Waals surface area contributed by atoms with Crippen molar-refractivity contribution in [1.82, 2.24) is 4.98 Å². The van der Waals surface area contributed by atoms with E-state index in [1.165, 1.54) is 7.11 Å². The molecule has 0 amide bonds. The number of carbonyl (C=O) groups is 1. The fourth-order valence-electron chi connectivity index (χ4n) is 1.90. The third-order valence-corrected chi connectivity index (χ3v) is 4.27. The first-order chi connectivity index (χ1) is 7.76. The predicted molar refractivity (Wildman–Crippen MR) is 62.5 cm³/mol. The van der Waals surface area contributed by atoms with Crippen molar-refractivity contribution in [2.75, 3.05) is 7.11 Å². The molecule has 82 valence electrons. The maximum Gasteiger partial charge on any atom is 0.318 e. The largest absolute Gasteiger partial charge is 0.468 e. The van der Waals surface area contributed by atoms with Crippen molar-refractivity contribution in [2.45, 2.75) is 18.3 Å². The van der Waals surface area contributed by atoms with Crippen LogP contribution in [0.3, 0.4) is 0 Å². The van der Waals surface area contributed by atoms with Gasteiger partial charge in [0.15, 0.2) is 0 Å². The molecule has 4 heteroatoms. The van der Waals surface area contributed by atoms with Gasteiger partial charge in [-0.25, -0.2) is 4.98 Å². The molecule has 1 fully saturated rings. The molecule has 1 aromatic carbocycles. The smallest absolute Gasteiger partial charge is 0.318 e. The quantitative estimate of drug-likeness (QED) is 0.748. The van der Waals surface area contributed by atoms with Gasteiger partial charge in [0.1, 0.15) is 10.4 Å². The molecule has 0 N–H and O–H groups in total. The van der Waals surface area contributed by atoms with Gasteiger partial charge in [-0.1, -0.05) is 12.1 Å². The number of carbonyl (C=O) groups excluding carboxylic acids is 1. The summed E-state index contributed by atoms with van der Waals surface area (Å²) in [5.74, 6) is -0.147. The number of hydrogen-bond donors (Lipinski definition) is 0. The fraction of sp³-hybridized carbons (Fsp3) is 0.333. The fourth-order valence-corrected chi connectivity index (χ4v) is 3.10. The van der Waals surface area contributed by atoms with Crippen LogP contribution in [-0.4, -0.2) is 18.1 Å². The number of hydrogen-bond acceptors (Lipinski definition) is 4. The highest BCUT2D eigenvalue weighted by Crippen LogP contribution is 2.51. The highest BCUT2D eigenvalue weighted by Gasteiger charge is 2.55. The second-order valence-corrected chi connectivity index (χ2v) is 5.09. The lowest BCUT2D eigenvalue weighted by atomic mass is 10.1. The van der Waals surface area contributed by atoms with Gasteiger partial charge in [-0.15, -0.1) is 11.3 Å². The van der Waals surface area contributed by atoms with E-state index >= 15 is 0 Å². The average Bonchev–Trinajstić information content (AvgIpc) is 3.01. The summed E-state index contributed by atoms with van der Waals surface area (Å²) in [5.41, 5.74) is 0.538. The third-order valence-electron chi connectivity index (χ3n) is 3.03. The molecule has 1 aliphatic rings. The van der Waals surface area contributed by atoms with Crippen LogP contribution >= 0.6 is 11.3 Å². The SMILES string of the molecule is COC(=O)C1(c2nc3ccccc3s2)CC1. The summed E-state index contributed by atoms with van der Waals surface area (Å²) in [5, 5.41) is 0.903. The lowest BCUT2D eigenvalue weighted by Crippen LogP contribution is -2.21. The molecule has 1 aromatic heterocycles. The molecule has 0 spiro atoms. The minimum absolute atomic E-state index is 0.147. The molecule has 3 rings (SSSR count). The van der Waals surface area contributed by atoms with E-state index in [2.05, 4.69) is 4.98 Å². The van der Waals surface area contributed by atoms with Crippen LogP contribution in [-0.2, 0) is 14.9 Å². The first-order valence-electron chi connectivity index (χ1n) is 5.21. The van der Waals surface area contributed by atoms with Gasteiger partial charge in [0.25, 0.3) is 0 Å². The van der Waals surface area contributed by atoms with E-state index in [-0.39, 0.29) is 5.97 Å². The van der Waals surface area contributed by atoms with E-state index in [9.17, 15) is 4.79 Å². The number of esters is 1. The summed E-state index contributed by atoms with van der Waals surface area (Å²) in [6, 6.07) is 7.96. The molecule has 0 unspecified atom stereocenters. The molecule has 3 nitrogen and oxygen atoms in total. The molecule has 1 saturated carbocycles. The Morgan fingerprint density at radius 1 is 1.44 bits per heavy atom. The summed E-state index contributed by atoms with van der Waals surface area (Å²) in [6.07, 6.45) is 1.72. The van der Waals surface area contributed by atoms with Crippen LogP contribution in [0.2, 0.25) is 0 Å². The van der Waals surface area contributed by atoms with E-state index in [0.29, 0.717) is 0 Å². The Balaban J connectivity index is 2.10. The molecule has 1 heterocycles. The molecule has 0 atom stereocenters. The monoisotopic (exact) mass is 233 g/mol. The Morgan fingerprint density at radius 3 is 2.81 bits per heavy atom. The lowest BCUT2D eigenvalue weighted by Gasteiger charge is -2.07. The van der Waals surface area contributed by atoms with E-state index < -0.39 is 5.41 Å². The maximum absolute atomic E-state index is 11.7. The van der Waals surface area contributed by atoms with Crippen molar-refractivity contribution in [3.8, 4) is 0 Å². The number of benzene rings is 1. The van der Waals surface area contributed by atoms with Crippen LogP contribution in [0.15, 0.2) is 24.3 Å². The zero-order valence-electron chi connectivity index (χ0n) is 8.90. The van der Waals surface area contributed by atoms with Crippen LogP contribution in [0.1, 0.15) is 17.8 Å². The third kappa shape index (κ3) is 1.26. The Hall–Kier alpha value is -1.42. The van der Waals surface area contributed by atoms with Gasteiger partial charge in [0.05, 0.1) is 17.3 Å². The van der Waals surface area contributed by atoms with Crippen molar-refractivity contribution in [2.24, 2.45) is 0 Å². The summed E-state index contributed by atoms with van der Waals surface area (Å²) < 4.78 is 5.99. The molecule has 16 heavy (non-hydrogen) atoms. The van der Waals surface area contributed by atoms with Crippen LogP contribution in [0.4, 0.5) is 0 Å². The van der Waals surface area contributed by atoms with Gasteiger partial charge in [-0.05, 0) is 25.0 Å². The highest BCUT2D eigenvalue weighted by atomic mass is 32.1. The number of methoxy groups -OCH3 is 1. The zero-order valence-corrected chi connectivity index (χ0v) is 9.71. The number of rotatable bonds is 2. The number of thiazole rings is 1. The summed E-state index contributed by atoms with van der Waals surface area (Å²) in [7, 11) is 1.44. The van der Waals surface area contributed by atoms with E-state index in [4.69, 9.17) is 4.74 Å². The number of nitrogens with zero attached hydrogens (tertiary/aromatic N) is 1. The number of fused-ring (bicyclic) bond motifs is 1. The standard InChI is InChI=1S/C12H11NO2S/c1-15-11(14)12(6-7-12)10-13-8-4-2-3-5-9(8)16-10/h2-5H,6-7H2,1H3. The first kappa shape index (κ1) is 9.78. The van der Waals surface area contributed by atoms with Crippen molar-refractivity contribution in [1.29, 1.82) is 0 Å². The second kappa shape index (κ2) is 3.28. The van der Waals surface area contributed by atoms with Gasteiger partial charge >= 0.3 is 5.97 Å². The van der Waals surface area contributed by atoms with Crippen molar-refractivity contribution in [3.05, 3.63) is 29.3 Å². The zero-order chi connectivity index (χ0) is 11.2. The first-order valence-corrected chi connectivity index (χ1v) is 6.02. The molecule has 1 aliphatic carbocycles.